The number of halogens is 1. The van der Waals surface area contributed by atoms with Gasteiger partial charge in [0.25, 0.3) is 5.91 Å². The molecule has 0 aliphatic heterocycles. The fourth-order valence-electron chi connectivity index (χ4n) is 2.02. The van der Waals surface area contributed by atoms with Crippen molar-refractivity contribution >= 4 is 27.5 Å². The summed E-state index contributed by atoms with van der Waals surface area (Å²) < 4.78 is 16.5. The van der Waals surface area contributed by atoms with E-state index in [1.807, 2.05) is 0 Å². The highest BCUT2D eigenvalue weighted by Crippen LogP contribution is 2.31. The molecule has 0 unspecified atom stereocenters. The predicted molar refractivity (Wildman–Crippen MR) is 83.4 cm³/mol. The Morgan fingerprint density at radius 3 is 2.33 bits per heavy atom. The molecule has 1 N–H and O–H groups in total. The molecule has 0 radical (unpaired) electrons. The van der Waals surface area contributed by atoms with Gasteiger partial charge in [-0.25, -0.2) is 0 Å². The highest BCUT2D eigenvalue weighted by molar-refractivity contribution is 9.10. The number of ether oxygens (including phenoxy) is 2. The van der Waals surface area contributed by atoms with Crippen LogP contribution in [-0.4, -0.2) is 20.1 Å². The van der Waals surface area contributed by atoms with Crippen LogP contribution >= 0.6 is 15.9 Å². The Morgan fingerprint density at radius 2 is 1.81 bits per heavy atom. The molecule has 0 aliphatic rings. The maximum Gasteiger partial charge on any atom is 0.260 e. The molecular weight excluding hydrogens is 338 g/mol. The standard InChI is InChI=1S/C15H16BrNO4/c1-8-13(14(16)9(2)21-8)15(18)17-10-5-6-11(19-3)12(7-10)20-4/h5-7H,1-4H3,(H,17,18). The van der Waals surface area contributed by atoms with Crippen molar-refractivity contribution in [3.63, 3.8) is 0 Å². The lowest BCUT2D eigenvalue weighted by atomic mass is 10.2. The van der Waals surface area contributed by atoms with E-state index in [0.717, 1.165) is 0 Å². The van der Waals surface area contributed by atoms with E-state index in [1.165, 1.54) is 0 Å². The molecular formula is C15H16BrNO4. The van der Waals surface area contributed by atoms with Gasteiger partial charge in [-0.2, -0.15) is 0 Å². The minimum absolute atomic E-state index is 0.247. The van der Waals surface area contributed by atoms with Gasteiger partial charge in [0.15, 0.2) is 11.5 Å². The van der Waals surface area contributed by atoms with Gasteiger partial charge in [0.05, 0.1) is 24.3 Å². The summed E-state index contributed by atoms with van der Waals surface area (Å²) in [6, 6.07) is 5.18. The number of amides is 1. The molecule has 0 saturated carbocycles. The summed E-state index contributed by atoms with van der Waals surface area (Å²) in [5, 5.41) is 2.81. The monoisotopic (exact) mass is 353 g/mol. The largest absolute Gasteiger partial charge is 0.493 e. The number of carbonyl (C=O) groups is 1. The van der Waals surface area contributed by atoms with E-state index in [4.69, 9.17) is 13.9 Å². The number of benzene rings is 1. The van der Waals surface area contributed by atoms with Gasteiger partial charge in [0.1, 0.15) is 11.5 Å². The Balaban J connectivity index is 2.27. The van der Waals surface area contributed by atoms with Gasteiger partial charge in [-0.3, -0.25) is 4.79 Å². The molecule has 0 fully saturated rings. The third-order valence-electron chi connectivity index (χ3n) is 3.06. The van der Waals surface area contributed by atoms with Crippen molar-refractivity contribution in [3.8, 4) is 11.5 Å². The van der Waals surface area contributed by atoms with Gasteiger partial charge >= 0.3 is 0 Å². The summed E-state index contributed by atoms with van der Waals surface area (Å²) in [6.07, 6.45) is 0. The first kappa shape index (κ1) is 15.4. The van der Waals surface area contributed by atoms with E-state index in [9.17, 15) is 4.79 Å². The third kappa shape index (κ3) is 3.05. The lowest BCUT2D eigenvalue weighted by molar-refractivity contribution is 0.102. The number of furan rings is 1. The first-order chi connectivity index (χ1) is 9.97. The summed E-state index contributed by atoms with van der Waals surface area (Å²) in [5.74, 6) is 2.15. The first-order valence-corrected chi connectivity index (χ1v) is 7.06. The number of anilines is 1. The number of hydrogen-bond donors (Lipinski definition) is 1. The van der Waals surface area contributed by atoms with Crippen LogP contribution in [0.25, 0.3) is 0 Å². The van der Waals surface area contributed by atoms with Crippen LogP contribution in [0.4, 0.5) is 5.69 Å². The van der Waals surface area contributed by atoms with Crippen molar-refractivity contribution in [2.45, 2.75) is 13.8 Å². The van der Waals surface area contributed by atoms with Crippen molar-refractivity contribution in [2.75, 3.05) is 19.5 Å². The molecule has 112 valence electrons. The molecule has 0 atom stereocenters. The minimum Gasteiger partial charge on any atom is -0.493 e. The Bertz CT molecular complexity index is 679. The number of hydrogen-bond acceptors (Lipinski definition) is 4. The average Bonchev–Trinajstić information content (AvgIpc) is 2.71. The summed E-state index contributed by atoms with van der Waals surface area (Å²) in [6.45, 7) is 3.55. The highest BCUT2D eigenvalue weighted by Gasteiger charge is 2.20. The summed E-state index contributed by atoms with van der Waals surface area (Å²) in [4.78, 5) is 12.3. The van der Waals surface area contributed by atoms with Gasteiger partial charge in [0, 0.05) is 11.8 Å². The highest BCUT2D eigenvalue weighted by atomic mass is 79.9. The summed E-state index contributed by atoms with van der Waals surface area (Å²) >= 11 is 3.37. The second-order valence-corrected chi connectivity index (χ2v) is 5.22. The molecule has 0 bridgehead atoms. The molecule has 0 saturated heterocycles. The zero-order valence-corrected chi connectivity index (χ0v) is 13.8. The molecule has 1 amide bonds. The lowest BCUT2D eigenvalue weighted by Gasteiger charge is -2.10. The Hall–Kier alpha value is -1.95. The maximum absolute atomic E-state index is 12.3. The van der Waals surface area contributed by atoms with Crippen molar-refractivity contribution in [1.82, 2.24) is 0 Å². The van der Waals surface area contributed by atoms with Crippen LogP contribution in [0.5, 0.6) is 11.5 Å². The van der Waals surface area contributed by atoms with Crippen LogP contribution in [-0.2, 0) is 0 Å². The summed E-state index contributed by atoms with van der Waals surface area (Å²) in [7, 11) is 3.11. The third-order valence-corrected chi connectivity index (χ3v) is 4.01. The molecule has 1 heterocycles. The SMILES string of the molecule is COc1ccc(NC(=O)c2c(C)oc(C)c2Br)cc1OC. The van der Waals surface area contributed by atoms with Gasteiger partial charge in [-0.1, -0.05) is 0 Å². The van der Waals surface area contributed by atoms with E-state index < -0.39 is 0 Å². The van der Waals surface area contributed by atoms with Crippen LogP contribution in [0.15, 0.2) is 27.1 Å². The van der Waals surface area contributed by atoms with Gasteiger partial charge in [0.2, 0.25) is 0 Å². The molecule has 2 aromatic rings. The number of rotatable bonds is 4. The predicted octanol–water partition coefficient (Wildman–Crippen LogP) is 3.93. The van der Waals surface area contributed by atoms with Crippen molar-refractivity contribution in [3.05, 3.63) is 39.8 Å². The fourth-order valence-corrected chi connectivity index (χ4v) is 2.56. The second kappa shape index (κ2) is 6.22. The Kier molecular flexibility index (Phi) is 4.57. The zero-order chi connectivity index (χ0) is 15.6. The molecule has 5 nitrogen and oxygen atoms in total. The Morgan fingerprint density at radius 1 is 1.14 bits per heavy atom. The van der Waals surface area contributed by atoms with Crippen LogP contribution in [0.1, 0.15) is 21.9 Å². The van der Waals surface area contributed by atoms with Crippen LogP contribution in [0.2, 0.25) is 0 Å². The topological polar surface area (TPSA) is 60.7 Å². The molecule has 21 heavy (non-hydrogen) atoms. The maximum atomic E-state index is 12.3. The van der Waals surface area contributed by atoms with E-state index >= 15 is 0 Å². The van der Waals surface area contributed by atoms with E-state index in [1.54, 1.807) is 46.3 Å². The zero-order valence-electron chi connectivity index (χ0n) is 12.2. The number of methoxy groups -OCH3 is 2. The van der Waals surface area contributed by atoms with Gasteiger partial charge in [-0.15, -0.1) is 0 Å². The smallest absolute Gasteiger partial charge is 0.260 e. The second-order valence-electron chi connectivity index (χ2n) is 4.43. The van der Waals surface area contributed by atoms with Crippen molar-refractivity contribution < 1.29 is 18.7 Å². The average molecular weight is 354 g/mol. The van der Waals surface area contributed by atoms with Crippen LogP contribution in [0, 0.1) is 13.8 Å². The first-order valence-electron chi connectivity index (χ1n) is 6.26. The molecule has 2 rings (SSSR count). The molecule has 0 spiro atoms. The van der Waals surface area contributed by atoms with Crippen LogP contribution < -0.4 is 14.8 Å². The normalized spacial score (nSPS) is 10.3. The van der Waals surface area contributed by atoms with E-state index in [-0.39, 0.29) is 5.91 Å². The number of carbonyl (C=O) groups excluding carboxylic acids is 1. The fraction of sp³-hybridized carbons (Fsp3) is 0.267. The minimum atomic E-state index is -0.247. The summed E-state index contributed by atoms with van der Waals surface area (Å²) in [5.41, 5.74) is 1.10. The van der Waals surface area contributed by atoms with Gasteiger partial charge < -0.3 is 19.2 Å². The van der Waals surface area contributed by atoms with Gasteiger partial charge in [-0.05, 0) is 41.9 Å². The van der Waals surface area contributed by atoms with E-state index in [2.05, 4.69) is 21.2 Å². The number of aryl methyl sites for hydroxylation is 2. The molecule has 1 aromatic heterocycles. The number of nitrogens with one attached hydrogen (secondary N) is 1. The molecule has 1 aromatic carbocycles. The quantitative estimate of drug-likeness (QED) is 0.904. The molecule has 0 aliphatic carbocycles. The Labute approximate surface area is 131 Å². The molecule has 6 heteroatoms. The van der Waals surface area contributed by atoms with Crippen LogP contribution in [0.3, 0.4) is 0 Å². The van der Waals surface area contributed by atoms with E-state index in [0.29, 0.717) is 38.7 Å². The van der Waals surface area contributed by atoms with Crippen molar-refractivity contribution in [1.29, 1.82) is 0 Å². The van der Waals surface area contributed by atoms with Crippen molar-refractivity contribution in [2.24, 2.45) is 0 Å². The lowest BCUT2D eigenvalue weighted by Crippen LogP contribution is -2.13.